The molecule has 0 atom stereocenters. The van der Waals surface area contributed by atoms with E-state index >= 15 is 0 Å². The lowest BCUT2D eigenvalue weighted by molar-refractivity contribution is -0.138. The number of hydrogen-bond donors (Lipinski definition) is 1. The van der Waals surface area contributed by atoms with Crippen LogP contribution in [0.3, 0.4) is 0 Å². The molecule has 0 aliphatic carbocycles. The van der Waals surface area contributed by atoms with E-state index in [1.165, 1.54) is 6.07 Å². The number of carbonyl (C=O) groups excluding carboxylic acids is 1. The highest BCUT2D eigenvalue weighted by atomic mass is 19.1. The van der Waals surface area contributed by atoms with Crippen molar-refractivity contribution in [3.8, 4) is 0 Å². The number of hydrogen-bond acceptors (Lipinski definition) is 3. The molecular weight excluding hydrogens is 221 g/mol. The summed E-state index contributed by atoms with van der Waals surface area (Å²) in [6.45, 7) is 7.57. The van der Waals surface area contributed by atoms with Crippen molar-refractivity contribution in [2.45, 2.75) is 13.8 Å². The van der Waals surface area contributed by atoms with Crippen LogP contribution >= 0.6 is 0 Å². The van der Waals surface area contributed by atoms with Gasteiger partial charge in [-0.1, -0.05) is 12.6 Å². The zero-order valence-corrected chi connectivity index (χ0v) is 10.0. The van der Waals surface area contributed by atoms with Gasteiger partial charge in [0.2, 0.25) is 0 Å². The second kappa shape index (κ2) is 6.03. The largest absolute Gasteiger partial charge is 0.463 e. The Hall–Kier alpha value is -1.84. The van der Waals surface area contributed by atoms with E-state index in [9.17, 15) is 9.18 Å². The van der Waals surface area contributed by atoms with E-state index in [1.807, 2.05) is 0 Å². The van der Waals surface area contributed by atoms with Crippen LogP contribution in [0, 0.1) is 12.7 Å². The molecule has 0 fully saturated rings. The summed E-state index contributed by atoms with van der Waals surface area (Å²) in [6.07, 6.45) is 0. The normalized spacial score (nSPS) is 9.82. The molecule has 0 aliphatic heterocycles. The van der Waals surface area contributed by atoms with Crippen LogP contribution in [0.4, 0.5) is 10.1 Å². The Bertz CT molecular complexity index is 429. The van der Waals surface area contributed by atoms with Crippen LogP contribution in [0.15, 0.2) is 30.4 Å². The van der Waals surface area contributed by atoms with Gasteiger partial charge in [-0.2, -0.15) is 0 Å². The number of ether oxygens (including phenoxy) is 1. The molecule has 0 aromatic heterocycles. The number of anilines is 1. The summed E-state index contributed by atoms with van der Waals surface area (Å²) in [5.74, 6) is -0.717. The van der Waals surface area contributed by atoms with E-state index in [-0.39, 0.29) is 12.4 Å². The number of nitrogens with one attached hydrogen (secondary N) is 1. The Morgan fingerprint density at radius 2 is 2.24 bits per heavy atom. The molecule has 0 unspecified atom stereocenters. The van der Waals surface area contributed by atoms with Crippen LogP contribution < -0.4 is 5.32 Å². The van der Waals surface area contributed by atoms with Crippen molar-refractivity contribution in [3.63, 3.8) is 0 Å². The predicted molar refractivity (Wildman–Crippen MR) is 65.4 cm³/mol. The molecule has 1 aromatic rings. The van der Waals surface area contributed by atoms with E-state index < -0.39 is 5.97 Å². The van der Waals surface area contributed by atoms with Crippen molar-refractivity contribution in [2.75, 3.05) is 18.5 Å². The Morgan fingerprint density at radius 1 is 1.53 bits per heavy atom. The van der Waals surface area contributed by atoms with Gasteiger partial charge in [-0.25, -0.2) is 9.18 Å². The summed E-state index contributed by atoms with van der Waals surface area (Å²) < 4.78 is 18.0. The first-order chi connectivity index (χ1) is 8.06. The van der Waals surface area contributed by atoms with Crippen LogP contribution in [-0.4, -0.2) is 19.1 Å². The van der Waals surface area contributed by atoms with Crippen molar-refractivity contribution < 1.29 is 13.9 Å². The summed E-state index contributed by atoms with van der Waals surface area (Å²) >= 11 is 0. The van der Waals surface area contributed by atoms with Crippen molar-refractivity contribution in [1.29, 1.82) is 0 Å². The minimum Gasteiger partial charge on any atom is -0.463 e. The lowest BCUT2D eigenvalue weighted by Gasteiger charge is -2.11. The van der Waals surface area contributed by atoms with Gasteiger partial charge in [0, 0.05) is 23.4 Å². The molecule has 0 spiro atoms. The third-order valence-corrected chi connectivity index (χ3v) is 2.32. The first kappa shape index (κ1) is 13.2. The Balaban J connectivity index is 2.59. The molecule has 1 aromatic carbocycles. The lowest BCUT2D eigenvalue weighted by Crippen LogP contribution is -2.15. The van der Waals surface area contributed by atoms with Gasteiger partial charge in [0.1, 0.15) is 5.82 Å². The van der Waals surface area contributed by atoms with Crippen LogP contribution in [0.1, 0.15) is 12.5 Å². The molecular formula is C13H16FNO2. The molecule has 92 valence electrons. The monoisotopic (exact) mass is 237 g/mol. The van der Waals surface area contributed by atoms with Gasteiger partial charge < -0.3 is 10.1 Å². The maximum atomic E-state index is 13.2. The number of esters is 1. The van der Waals surface area contributed by atoms with Gasteiger partial charge in [0.15, 0.2) is 0 Å². The van der Waals surface area contributed by atoms with Crippen LogP contribution in [-0.2, 0) is 9.53 Å². The Labute approximate surface area is 100 Å². The average molecular weight is 237 g/mol. The quantitative estimate of drug-likeness (QED) is 0.632. The minimum absolute atomic E-state index is 0.239. The fourth-order valence-electron chi connectivity index (χ4n) is 1.31. The summed E-state index contributed by atoms with van der Waals surface area (Å²) in [5, 5.41) is 2.95. The summed E-state index contributed by atoms with van der Waals surface area (Å²) in [6, 6.07) is 4.75. The smallest absolute Gasteiger partial charge is 0.335 e. The van der Waals surface area contributed by atoms with Gasteiger partial charge in [-0.15, -0.1) is 0 Å². The van der Waals surface area contributed by atoms with Crippen LogP contribution in [0.25, 0.3) is 0 Å². The zero-order chi connectivity index (χ0) is 12.8. The fraction of sp³-hybridized carbons (Fsp3) is 0.308. The molecule has 0 heterocycles. The van der Waals surface area contributed by atoms with Crippen molar-refractivity contribution in [3.05, 3.63) is 41.7 Å². The van der Waals surface area contributed by atoms with Crippen LogP contribution in [0.5, 0.6) is 0 Å². The molecule has 0 aliphatic rings. The van der Waals surface area contributed by atoms with Crippen LogP contribution in [0.2, 0.25) is 0 Å². The molecule has 0 saturated heterocycles. The molecule has 3 nitrogen and oxygen atoms in total. The van der Waals surface area contributed by atoms with E-state index in [2.05, 4.69) is 11.9 Å². The second-order valence-electron chi connectivity index (χ2n) is 3.59. The SMILES string of the molecule is C=C(CNc1cccc(F)c1C)C(=O)OCC. The number of rotatable bonds is 5. The fourth-order valence-corrected chi connectivity index (χ4v) is 1.31. The van der Waals surface area contributed by atoms with Gasteiger partial charge in [0.05, 0.1) is 6.61 Å². The number of halogens is 1. The highest BCUT2D eigenvalue weighted by Gasteiger charge is 2.08. The maximum Gasteiger partial charge on any atom is 0.335 e. The Kier molecular flexibility index (Phi) is 4.69. The van der Waals surface area contributed by atoms with Gasteiger partial charge >= 0.3 is 5.97 Å². The van der Waals surface area contributed by atoms with Crippen molar-refractivity contribution >= 4 is 11.7 Å². The molecule has 0 radical (unpaired) electrons. The highest BCUT2D eigenvalue weighted by molar-refractivity contribution is 5.88. The molecule has 1 rings (SSSR count). The molecule has 1 N–H and O–H groups in total. The topological polar surface area (TPSA) is 38.3 Å². The first-order valence-corrected chi connectivity index (χ1v) is 5.40. The first-order valence-electron chi connectivity index (χ1n) is 5.40. The average Bonchev–Trinajstić information content (AvgIpc) is 2.31. The van der Waals surface area contributed by atoms with Crippen molar-refractivity contribution in [2.24, 2.45) is 0 Å². The molecule has 0 bridgehead atoms. The van der Waals surface area contributed by atoms with Gasteiger partial charge in [-0.05, 0) is 26.0 Å². The second-order valence-corrected chi connectivity index (χ2v) is 3.59. The van der Waals surface area contributed by atoms with Crippen molar-refractivity contribution in [1.82, 2.24) is 0 Å². The third-order valence-electron chi connectivity index (χ3n) is 2.32. The van der Waals surface area contributed by atoms with E-state index in [1.54, 1.807) is 26.0 Å². The summed E-state index contributed by atoms with van der Waals surface area (Å²) in [7, 11) is 0. The van der Waals surface area contributed by atoms with E-state index in [0.29, 0.717) is 23.4 Å². The summed E-state index contributed by atoms with van der Waals surface area (Å²) in [5.41, 5.74) is 1.48. The highest BCUT2D eigenvalue weighted by Crippen LogP contribution is 2.17. The third kappa shape index (κ3) is 3.59. The molecule has 0 saturated carbocycles. The molecule has 0 amide bonds. The summed E-state index contributed by atoms with van der Waals surface area (Å²) in [4.78, 5) is 11.3. The number of benzene rings is 1. The Morgan fingerprint density at radius 3 is 2.88 bits per heavy atom. The predicted octanol–water partition coefficient (Wildman–Crippen LogP) is 2.67. The van der Waals surface area contributed by atoms with Gasteiger partial charge in [-0.3, -0.25) is 0 Å². The number of carbonyl (C=O) groups is 1. The molecule has 4 heteroatoms. The van der Waals surface area contributed by atoms with E-state index in [4.69, 9.17) is 4.74 Å². The standard InChI is InChI=1S/C13H16FNO2/c1-4-17-13(16)9(2)8-15-12-7-5-6-11(14)10(12)3/h5-7,15H,2,4,8H2,1,3H3. The van der Waals surface area contributed by atoms with E-state index in [0.717, 1.165) is 0 Å². The van der Waals surface area contributed by atoms with Gasteiger partial charge in [0.25, 0.3) is 0 Å². The maximum absolute atomic E-state index is 13.2. The lowest BCUT2D eigenvalue weighted by atomic mass is 10.2. The minimum atomic E-state index is -0.436. The molecule has 17 heavy (non-hydrogen) atoms. The zero-order valence-electron chi connectivity index (χ0n) is 10.0.